The maximum Gasteiger partial charge on any atom is 0.147 e. The number of hydrogen-bond acceptors (Lipinski definition) is 6. The topological polar surface area (TPSA) is 49.9 Å². The van der Waals surface area contributed by atoms with Gasteiger partial charge in [0.05, 0.1) is 17.8 Å². The van der Waals surface area contributed by atoms with E-state index >= 15 is 0 Å². The van der Waals surface area contributed by atoms with Crippen LogP contribution in [0.2, 0.25) is 5.02 Å². The van der Waals surface area contributed by atoms with Crippen LogP contribution in [0.5, 0.6) is 5.75 Å². The van der Waals surface area contributed by atoms with Gasteiger partial charge in [0.1, 0.15) is 18.2 Å². The molecular formula is C15H25ClN4O2. The van der Waals surface area contributed by atoms with Crippen LogP contribution in [-0.4, -0.2) is 76.5 Å². The quantitative estimate of drug-likeness (QED) is 0.721. The molecule has 0 spiro atoms. The van der Waals surface area contributed by atoms with E-state index in [9.17, 15) is 0 Å². The summed E-state index contributed by atoms with van der Waals surface area (Å²) >= 11 is 6.36. The molecule has 1 fully saturated rings. The highest BCUT2D eigenvalue weighted by Gasteiger charge is 2.19. The van der Waals surface area contributed by atoms with Crippen LogP contribution in [0.25, 0.3) is 0 Å². The average molecular weight is 329 g/mol. The van der Waals surface area contributed by atoms with Gasteiger partial charge in [-0.3, -0.25) is 4.90 Å². The first-order valence-corrected chi connectivity index (χ1v) is 8.01. The van der Waals surface area contributed by atoms with E-state index in [0.29, 0.717) is 24.0 Å². The Morgan fingerprint density at radius 3 is 2.68 bits per heavy atom. The number of hydrogen-bond donors (Lipinski definition) is 1. The summed E-state index contributed by atoms with van der Waals surface area (Å²) in [5.74, 6) is 1.52. The molecule has 1 aromatic rings. The first-order valence-electron chi connectivity index (χ1n) is 7.63. The van der Waals surface area contributed by atoms with Crippen molar-refractivity contribution >= 4 is 17.4 Å². The molecule has 124 valence electrons. The molecule has 1 aromatic heterocycles. The Morgan fingerprint density at radius 2 is 2.05 bits per heavy atom. The number of nitrogens with zero attached hydrogens (tertiary/aromatic N) is 3. The fraction of sp³-hybridized carbons (Fsp3) is 0.667. The van der Waals surface area contributed by atoms with E-state index in [1.54, 1.807) is 13.3 Å². The highest BCUT2D eigenvalue weighted by atomic mass is 35.5. The highest BCUT2D eigenvalue weighted by Crippen LogP contribution is 2.27. The second-order valence-electron chi connectivity index (χ2n) is 5.25. The Kier molecular flexibility index (Phi) is 7.18. The van der Waals surface area contributed by atoms with Crippen LogP contribution < -0.4 is 15.0 Å². The van der Waals surface area contributed by atoms with Crippen LogP contribution >= 0.6 is 11.6 Å². The van der Waals surface area contributed by atoms with Crippen molar-refractivity contribution in [2.75, 3.05) is 71.5 Å². The number of aromatic nitrogens is 1. The molecule has 1 aliphatic rings. The van der Waals surface area contributed by atoms with Gasteiger partial charge in [-0.2, -0.15) is 0 Å². The van der Waals surface area contributed by atoms with E-state index in [1.807, 2.05) is 13.1 Å². The van der Waals surface area contributed by atoms with Gasteiger partial charge >= 0.3 is 0 Å². The molecule has 1 aliphatic heterocycles. The Labute approximate surface area is 137 Å². The number of halogens is 1. The zero-order valence-electron chi connectivity index (χ0n) is 13.3. The fourth-order valence-corrected chi connectivity index (χ4v) is 2.70. The summed E-state index contributed by atoms with van der Waals surface area (Å²) in [6, 6.07) is 1.83. The average Bonchev–Trinajstić information content (AvgIpc) is 2.54. The number of piperazine rings is 1. The fourth-order valence-electron chi connectivity index (χ4n) is 2.42. The van der Waals surface area contributed by atoms with E-state index in [1.165, 1.54) is 0 Å². The summed E-state index contributed by atoms with van der Waals surface area (Å²) in [6.07, 6.45) is 1.73. The zero-order chi connectivity index (χ0) is 15.8. The van der Waals surface area contributed by atoms with Crippen LogP contribution in [0.15, 0.2) is 12.3 Å². The second-order valence-corrected chi connectivity index (χ2v) is 5.66. The molecule has 0 aromatic carbocycles. The smallest absolute Gasteiger partial charge is 0.147 e. The summed E-state index contributed by atoms with van der Waals surface area (Å²) < 4.78 is 10.5. The predicted molar refractivity (Wildman–Crippen MR) is 89.2 cm³/mol. The van der Waals surface area contributed by atoms with Gasteiger partial charge in [0, 0.05) is 52.4 Å². The van der Waals surface area contributed by atoms with Crippen molar-refractivity contribution < 1.29 is 9.47 Å². The van der Waals surface area contributed by atoms with Crippen LogP contribution in [-0.2, 0) is 4.74 Å². The number of nitrogens with one attached hydrogen (secondary N) is 1. The van der Waals surface area contributed by atoms with E-state index in [-0.39, 0.29) is 0 Å². The van der Waals surface area contributed by atoms with E-state index in [4.69, 9.17) is 21.1 Å². The normalized spacial score (nSPS) is 16.0. The van der Waals surface area contributed by atoms with Gasteiger partial charge in [-0.05, 0) is 7.05 Å². The molecule has 0 saturated carbocycles. The number of ether oxygens (including phenoxy) is 2. The Bertz CT molecular complexity index is 453. The standard InChI is InChI=1S/C15H25ClN4O2/c1-17-3-4-19-5-7-20(8-6-19)15-14(16)11-13(12-18-15)22-10-9-21-2/h11-12,17H,3-10H2,1-2H3. The predicted octanol–water partition coefficient (Wildman–Crippen LogP) is 1.10. The Balaban J connectivity index is 1.87. The molecule has 0 aliphatic carbocycles. The number of likely N-dealkylation sites (N-methyl/N-ethyl adjacent to an activating group) is 1. The van der Waals surface area contributed by atoms with Gasteiger partial charge in [0.15, 0.2) is 0 Å². The van der Waals surface area contributed by atoms with Crippen molar-refractivity contribution in [1.29, 1.82) is 0 Å². The number of rotatable bonds is 8. The summed E-state index contributed by atoms with van der Waals surface area (Å²) in [5.41, 5.74) is 0. The zero-order valence-corrected chi connectivity index (χ0v) is 14.1. The van der Waals surface area contributed by atoms with Gasteiger partial charge in [-0.15, -0.1) is 0 Å². The van der Waals surface area contributed by atoms with E-state index in [2.05, 4.69) is 20.1 Å². The highest BCUT2D eigenvalue weighted by molar-refractivity contribution is 6.33. The lowest BCUT2D eigenvalue weighted by molar-refractivity contribution is 0.146. The molecule has 1 N–H and O–H groups in total. The number of methoxy groups -OCH3 is 1. The van der Waals surface area contributed by atoms with Crippen molar-refractivity contribution in [3.05, 3.63) is 17.3 Å². The SMILES string of the molecule is CNCCN1CCN(c2ncc(OCCOC)cc2Cl)CC1. The lowest BCUT2D eigenvalue weighted by Gasteiger charge is -2.35. The van der Waals surface area contributed by atoms with E-state index in [0.717, 1.165) is 45.1 Å². The minimum absolute atomic E-state index is 0.498. The van der Waals surface area contributed by atoms with Crippen molar-refractivity contribution in [1.82, 2.24) is 15.2 Å². The van der Waals surface area contributed by atoms with Crippen LogP contribution in [0.1, 0.15) is 0 Å². The second kappa shape index (κ2) is 9.15. The maximum absolute atomic E-state index is 6.36. The molecule has 22 heavy (non-hydrogen) atoms. The van der Waals surface area contributed by atoms with Gasteiger partial charge in [-0.1, -0.05) is 11.6 Å². The van der Waals surface area contributed by atoms with Crippen molar-refractivity contribution in [2.45, 2.75) is 0 Å². The van der Waals surface area contributed by atoms with Gasteiger partial charge in [0.25, 0.3) is 0 Å². The third kappa shape index (κ3) is 4.98. The van der Waals surface area contributed by atoms with Crippen molar-refractivity contribution in [2.24, 2.45) is 0 Å². The lowest BCUT2D eigenvalue weighted by Crippen LogP contribution is -2.48. The maximum atomic E-state index is 6.36. The summed E-state index contributed by atoms with van der Waals surface area (Å²) in [5, 5.41) is 3.82. The van der Waals surface area contributed by atoms with E-state index < -0.39 is 0 Å². The van der Waals surface area contributed by atoms with Crippen molar-refractivity contribution in [3.8, 4) is 5.75 Å². The molecule has 2 heterocycles. The molecule has 0 amide bonds. The number of pyridine rings is 1. The van der Waals surface area contributed by atoms with Crippen LogP contribution in [0, 0.1) is 0 Å². The summed E-state index contributed by atoms with van der Waals surface area (Å²) in [4.78, 5) is 9.15. The Hall–Kier alpha value is -1.08. The molecule has 7 heteroatoms. The third-order valence-electron chi connectivity index (χ3n) is 3.70. The van der Waals surface area contributed by atoms with Gasteiger partial charge < -0.3 is 19.7 Å². The third-order valence-corrected chi connectivity index (χ3v) is 3.98. The molecule has 2 rings (SSSR count). The van der Waals surface area contributed by atoms with Crippen LogP contribution in [0.4, 0.5) is 5.82 Å². The van der Waals surface area contributed by atoms with Gasteiger partial charge in [-0.25, -0.2) is 4.98 Å². The first-order chi connectivity index (χ1) is 10.7. The minimum atomic E-state index is 0.498. The molecule has 0 radical (unpaired) electrons. The summed E-state index contributed by atoms with van der Waals surface area (Å²) in [6.45, 7) is 7.11. The Morgan fingerprint density at radius 1 is 1.27 bits per heavy atom. The first kappa shape index (κ1) is 17.3. The van der Waals surface area contributed by atoms with Crippen molar-refractivity contribution in [3.63, 3.8) is 0 Å². The molecule has 0 atom stereocenters. The van der Waals surface area contributed by atoms with Gasteiger partial charge in [0.2, 0.25) is 0 Å². The van der Waals surface area contributed by atoms with Crippen LogP contribution in [0.3, 0.4) is 0 Å². The molecule has 0 bridgehead atoms. The monoisotopic (exact) mass is 328 g/mol. The largest absolute Gasteiger partial charge is 0.490 e. The summed E-state index contributed by atoms with van der Waals surface area (Å²) in [7, 11) is 3.63. The minimum Gasteiger partial charge on any atom is -0.490 e. The number of anilines is 1. The lowest BCUT2D eigenvalue weighted by atomic mass is 10.3. The molecule has 1 saturated heterocycles. The molecule has 6 nitrogen and oxygen atoms in total. The molecule has 0 unspecified atom stereocenters. The molecular weight excluding hydrogens is 304 g/mol.